The Hall–Kier alpha value is -1.91. The van der Waals surface area contributed by atoms with Crippen molar-refractivity contribution < 1.29 is 14.2 Å². The summed E-state index contributed by atoms with van der Waals surface area (Å²) in [7, 11) is 0. The second-order valence-electron chi connectivity index (χ2n) is 5.40. The minimum Gasteiger partial charge on any atom is -0.490 e. The second-order valence-corrected chi connectivity index (χ2v) is 5.40. The van der Waals surface area contributed by atoms with Crippen molar-refractivity contribution in [2.45, 2.75) is 25.5 Å². The highest BCUT2D eigenvalue weighted by Gasteiger charge is 2.24. The van der Waals surface area contributed by atoms with Crippen LogP contribution in [0.4, 0.5) is 4.39 Å². The summed E-state index contributed by atoms with van der Waals surface area (Å²) in [4.78, 5) is 0. The molecule has 0 saturated carbocycles. The summed E-state index contributed by atoms with van der Waals surface area (Å²) >= 11 is 0. The molecule has 2 atom stereocenters. The highest BCUT2D eigenvalue weighted by atomic mass is 19.1. The lowest BCUT2D eigenvalue weighted by Gasteiger charge is -2.25. The molecule has 4 heteroatoms. The van der Waals surface area contributed by atoms with Crippen LogP contribution in [0.1, 0.15) is 31.0 Å². The fourth-order valence-electron chi connectivity index (χ4n) is 2.11. The van der Waals surface area contributed by atoms with Crippen LogP contribution in [-0.2, 0) is 5.60 Å². The van der Waals surface area contributed by atoms with Crippen molar-refractivity contribution >= 4 is 0 Å². The lowest BCUT2D eigenvalue weighted by atomic mass is 9.97. The lowest BCUT2D eigenvalue weighted by Crippen LogP contribution is -2.29. The first-order valence-corrected chi connectivity index (χ1v) is 6.86. The molecule has 3 nitrogen and oxygen atoms in total. The third-order valence-corrected chi connectivity index (χ3v) is 3.37. The molecule has 0 saturated heterocycles. The van der Waals surface area contributed by atoms with Crippen molar-refractivity contribution in [1.82, 2.24) is 0 Å². The molecule has 0 aliphatic heterocycles. The SMILES string of the molecule is C[C@@H](N)c1cc(F)ccc1OCC(C)(O)c1ccccc1. The number of aliphatic hydroxyl groups is 1. The quantitative estimate of drug-likeness (QED) is 0.889. The van der Waals surface area contributed by atoms with E-state index < -0.39 is 5.60 Å². The average Bonchev–Trinajstić information content (AvgIpc) is 2.47. The van der Waals surface area contributed by atoms with Gasteiger partial charge >= 0.3 is 0 Å². The van der Waals surface area contributed by atoms with Crippen molar-refractivity contribution in [3.63, 3.8) is 0 Å². The normalized spacial score (nSPS) is 15.3. The smallest absolute Gasteiger partial charge is 0.124 e. The van der Waals surface area contributed by atoms with E-state index in [0.717, 1.165) is 5.56 Å². The van der Waals surface area contributed by atoms with Gasteiger partial charge in [-0.1, -0.05) is 30.3 Å². The number of hydrogen-bond acceptors (Lipinski definition) is 3. The molecule has 0 radical (unpaired) electrons. The first-order chi connectivity index (χ1) is 9.90. The van der Waals surface area contributed by atoms with Crippen molar-refractivity contribution in [2.24, 2.45) is 5.73 Å². The minimum atomic E-state index is -1.13. The molecular weight excluding hydrogens is 269 g/mol. The summed E-state index contributed by atoms with van der Waals surface area (Å²) in [5.41, 5.74) is 6.03. The molecule has 3 N–H and O–H groups in total. The van der Waals surface area contributed by atoms with E-state index in [1.54, 1.807) is 13.8 Å². The summed E-state index contributed by atoms with van der Waals surface area (Å²) < 4.78 is 19.0. The largest absolute Gasteiger partial charge is 0.490 e. The number of benzene rings is 2. The molecule has 0 aliphatic rings. The molecule has 0 aromatic heterocycles. The molecule has 0 fully saturated rings. The van der Waals surface area contributed by atoms with Gasteiger partial charge in [0.05, 0.1) is 0 Å². The maximum Gasteiger partial charge on any atom is 0.124 e. The molecule has 0 spiro atoms. The molecule has 2 aromatic rings. The van der Waals surface area contributed by atoms with Crippen LogP contribution in [0.3, 0.4) is 0 Å². The molecule has 0 amide bonds. The molecule has 1 unspecified atom stereocenters. The van der Waals surface area contributed by atoms with Gasteiger partial charge in [-0.3, -0.25) is 0 Å². The third kappa shape index (κ3) is 3.80. The van der Waals surface area contributed by atoms with E-state index in [-0.39, 0.29) is 18.5 Å². The maximum absolute atomic E-state index is 13.3. The van der Waals surface area contributed by atoms with Gasteiger partial charge in [-0.25, -0.2) is 4.39 Å². The van der Waals surface area contributed by atoms with Gasteiger partial charge in [-0.15, -0.1) is 0 Å². The molecule has 2 rings (SSSR count). The zero-order chi connectivity index (χ0) is 15.5. The average molecular weight is 289 g/mol. The molecule has 112 valence electrons. The zero-order valence-corrected chi connectivity index (χ0v) is 12.2. The molecule has 0 bridgehead atoms. The molecule has 0 heterocycles. The van der Waals surface area contributed by atoms with Crippen molar-refractivity contribution in [3.05, 3.63) is 65.5 Å². The number of halogens is 1. The van der Waals surface area contributed by atoms with Gasteiger partial charge in [-0.05, 0) is 37.6 Å². The standard InChI is InChI=1S/C17H20FNO2/c1-12(19)15-10-14(18)8-9-16(15)21-11-17(2,20)13-6-4-3-5-7-13/h3-10,12,20H,11,19H2,1-2H3/t12-,17?/m1/s1. The fourth-order valence-corrected chi connectivity index (χ4v) is 2.11. The van der Waals surface area contributed by atoms with Crippen molar-refractivity contribution in [1.29, 1.82) is 0 Å². The van der Waals surface area contributed by atoms with Crippen LogP contribution in [0.2, 0.25) is 0 Å². The first-order valence-electron chi connectivity index (χ1n) is 6.86. The Morgan fingerprint density at radius 3 is 2.52 bits per heavy atom. The third-order valence-electron chi connectivity index (χ3n) is 3.37. The Kier molecular flexibility index (Phi) is 4.60. The van der Waals surface area contributed by atoms with Gasteiger partial charge in [0.15, 0.2) is 0 Å². The van der Waals surface area contributed by atoms with E-state index in [1.165, 1.54) is 18.2 Å². The summed E-state index contributed by atoms with van der Waals surface area (Å²) in [5, 5.41) is 10.5. The second kappa shape index (κ2) is 6.24. The van der Waals surface area contributed by atoms with Crippen LogP contribution in [0.15, 0.2) is 48.5 Å². The van der Waals surface area contributed by atoms with E-state index in [1.807, 2.05) is 30.3 Å². The van der Waals surface area contributed by atoms with Crippen molar-refractivity contribution in [3.8, 4) is 5.75 Å². The van der Waals surface area contributed by atoms with Crippen LogP contribution in [0.5, 0.6) is 5.75 Å². The summed E-state index contributed by atoms with van der Waals surface area (Å²) in [6.45, 7) is 3.50. The van der Waals surface area contributed by atoms with Crippen LogP contribution >= 0.6 is 0 Å². The van der Waals surface area contributed by atoms with Gasteiger partial charge in [0.25, 0.3) is 0 Å². The van der Waals surface area contributed by atoms with Gasteiger partial charge in [0, 0.05) is 11.6 Å². The fraction of sp³-hybridized carbons (Fsp3) is 0.294. The predicted octanol–water partition coefficient (Wildman–Crippen LogP) is 3.13. The van der Waals surface area contributed by atoms with E-state index >= 15 is 0 Å². The highest BCUT2D eigenvalue weighted by molar-refractivity contribution is 5.36. The van der Waals surface area contributed by atoms with Crippen LogP contribution in [0.25, 0.3) is 0 Å². The number of rotatable bonds is 5. The van der Waals surface area contributed by atoms with Crippen molar-refractivity contribution in [2.75, 3.05) is 6.61 Å². The summed E-state index contributed by atoms with van der Waals surface area (Å²) in [6, 6.07) is 13.1. The Morgan fingerprint density at radius 2 is 1.90 bits per heavy atom. The summed E-state index contributed by atoms with van der Waals surface area (Å²) in [5.74, 6) is 0.132. The van der Waals surface area contributed by atoms with Crippen LogP contribution < -0.4 is 10.5 Å². The summed E-state index contributed by atoms with van der Waals surface area (Å²) in [6.07, 6.45) is 0. The Labute approximate surface area is 124 Å². The Bertz CT molecular complexity index is 597. The van der Waals surface area contributed by atoms with Gasteiger partial charge in [0.1, 0.15) is 23.8 Å². The van der Waals surface area contributed by atoms with Gasteiger partial charge in [0.2, 0.25) is 0 Å². The van der Waals surface area contributed by atoms with Gasteiger partial charge in [-0.2, -0.15) is 0 Å². The van der Waals surface area contributed by atoms with Crippen LogP contribution in [0, 0.1) is 5.82 Å². The monoisotopic (exact) mass is 289 g/mol. The molecule has 21 heavy (non-hydrogen) atoms. The lowest BCUT2D eigenvalue weighted by molar-refractivity contribution is 0.00720. The number of ether oxygens (including phenoxy) is 1. The molecule has 2 aromatic carbocycles. The van der Waals surface area contributed by atoms with Gasteiger partial charge < -0.3 is 15.6 Å². The van der Waals surface area contributed by atoms with E-state index in [9.17, 15) is 9.50 Å². The Balaban J connectivity index is 2.16. The minimum absolute atomic E-state index is 0.0579. The topological polar surface area (TPSA) is 55.5 Å². The number of nitrogens with two attached hydrogens (primary N) is 1. The highest BCUT2D eigenvalue weighted by Crippen LogP contribution is 2.27. The molecular formula is C17H20FNO2. The van der Waals surface area contributed by atoms with E-state index in [0.29, 0.717) is 11.3 Å². The van der Waals surface area contributed by atoms with E-state index in [4.69, 9.17) is 10.5 Å². The predicted molar refractivity (Wildman–Crippen MR) is 80.5 cm³/mol. The first kappa shape index (κ1) is 15.5. The maximum atomic E-state index is 13.3. The van der Waals surface area contributed by atoms with E-state index in [2.05, 4.69) is 0 Å². The molecule has 0 aliphatic carbocycles. The van der Waals surface area contributed by atoms with Crippen LogP contribution in [-0.4, -0.2) is 11.7 Å². The Morgan fingerprint density at radius 1 is 1.24 bits per heavy atom. The number of hydrogen-bond donors (Lipinski definition) is 2. The zero-order valence-electron chi connectivity index (χ0n) is 12.2.